The zero-order valence-electron chi connectivity index (χ0n) is 26.3. The lowest BCUT2D eigenvalue weighted by atomic mass is 9.50. The van der Waals surface area contributed by atoms with E-state index in [1.807, 2.05) is 11.9 Å². The third kappa shape index (κ3) is 5.71. The van der Waals surface area contributed by atoms with Gasteiger partial charge in [0.15, 0.2) is 17.6 Å². The molecule has 2 unspecified atom stereocenters. The van der Waals surface area contributed by atoms with Gasteiger partial charge >= 0.3 is 23.9 Å². The van der Waals surface area contributed by atoms with Crippen molar-refractivity contribution in [2.45, 2.75) is 93.4 Å². The third-order valence-electron chi connectivity index (χ3n) is 9.57. The highest BCUT2D eigenvalue weighted by atomic mass is 16.6. The minimum Gasteiger partial charge on any atom is -0.504 e. The van der Waals surface area contributed by atoms with Crippen LogP contribution >= 0.6 is 0 Å². The van der Waals surface area contributed by atoms with Crippen LogP contribution in [0.25, 0.3) is 0 Å². The Kier molecular flexibility index (Phi) is 9.15. The lowest BCUT2D eigenvalue weighted by Crippen LogP contribution is -2.75. The average molecular weight is 676 g/mol. The van der Waals surface area contributed by atoms with E-state index in [9.17, 15) is 54.3 Å². The van der Waals surface area contributed by atoms with Crippen LogP contribution in [0.3, 0.4) is 0 Å². The summed E-state index contributed by atoms with van der Waals surface area (Å²) < 4.78 is 18.3. The lowest BCUT2D eigenvalue weighted by molar-refractivity contribution is -0.207. The predicted octanol–water partition coefficient (Wildman–Crippen LogP) is -1.56. The zero-order valence-corrected chi connectivity index (χ0v) is 26.3. The maximum absolute atomic E-state index is 13.6. The number of benzene rings is 1. The van der Waals surface area contributed by atoms with E-state index >= 15 is 0 Å². The molecule has 1 spiro atoms. The number of likely N-dealkylation sites (N-methyl/N-ethyl adjacent to an activating group) is 1. The van der Waals surface area contributed by atoms with E-state index in [-0.39, 0.29) is 30.1 Å². The van der Waals surface area contributed by atoms with Gasteiger partial charge in [0.1, 0.15) is 35.7 Å². The first kappa shape index (κ1) is 34.6. The molecule has 17 heteroatoms. The topological polar surface area (TPSA) is 259 Å². The minimum absolute atomic E-state index is 0.0444. The SMILES string of the molecule is CC(O)C(=O)NC(CC(=O)O[C@@]12CC=C(OC(=O)C[C@H](NC(=O)[C@H](C)O)C(=O)O)[C@@H]3Oc4c(O)ccc5c4[C@@]31CCN(C)[C@@H]2C5)C(=O)O. The number of carboxylic acids is 2. The summed E-state index contributed by atoms with van der Waals surface area (Å²) in [5.74, 6) is -7.29. The number of amides is 2. The molecule has 0 aromatic heterocycles. The van der Waals surface area contributed by atoms with Crippen LogP contribution in [0.1, 0.15) is 50.7 Å². The van der Waals surface area contributed by atoms with Gasteiger partial charge in [-0.25, -0.2) is 9.59 Å². The number of aliphatic carboxylic acids is 2. The standard InChI is InChI=1S/C31H37N3O14/c1-13(35)26(40)32-16(28(42)43)11-21(38)46-19-6-7-31(48-22(39)12-17(29(44)45)33-27(41)14(2)36)20-10-15-4-5-18(37)24-23(15)30(31,25(19)47-24)8-9-34(20)3/h4-6,13-14,16-17,20,25,35-37H,7-12H2,1-3H3,(H,32,40)(H,33,41)(H,42,43)(H,44,45)/t13-,14?,16-,17?,20+,25-,30-,31+/m0/s1. The monoisotopic (exact) mass is 675 g/mol. The zero-order chi connectivity index (χ0) is 35.3. The van der Waals surface area contributed by atoms with E-state index in [1.165, 1.54) is 12.1 Å². The molecule has 1 aromatic carbocycles. The second-order valence-electron chi connectivity index (χ2n) is 12.6. The fourth-order valence-electron chi connectivity index (χ4n) is 7.34. The van der Waals surface area contributed by atoms with E-state index in [1.54, 1.807) is 6.07 Å². The normalized spacial score (nSPS) is 27.5. The van der Waals surface area contributed by atoms with E-state index in [0.717, 1.165) is 19.4 Å². The molecule has 48 heavy (non-hydrogen) atoms. The Morgan fingerprint density at radius 3 is 2.12 bits per heavy atom. The number of aliphatic hydroxyl groups excluding tert-OH is 2. The fourth-order valence-corrected chi connectivity index (χ4v) is 7.34. The third-order valence-corrected chi connectivity index (χ3v) is 9.57. The first-order valence-electron chi connectivity index (χ1n) is 15.3. The van der Waals surface area contributed by atoms with Crippen LogP contribution in [0.15, 0.2) is 24.0 Å². The van der Waals surface area contributed by atoms with Crippen LogP contribution in [0, 0.1) is 0 Å². The minimum atomic E-state index is -1.72. The second-order valence-corrected chi connectivity index (χ2v) is 12.6. The van der Waals surface area contributed by atoms with Gasteiger partial charge in [0.05, 0.1) is 24.3 Å². The smallest absolute Gasteiger partial charge is 0.326 e. The fraction of sp³-hybridized carbons (Fsp3) is 0.548. The largest absolute Gasteiger partial charge is 0.504 e. The molecule has 2 amide bonds. The number of phenols is 1. The molecule has 5 rings (SSSR count). The van der Waals surface area contributed by atoms with E-state index in [0.29, 0.717) is 18.5 Å². The van der Waals surface area contributed by atoms with Gasteiger partial charge in [0.25, 0.3) is 0 Å². The first-order valence-corrected chi connectivity index (χ1v) is 15.3. The van der Waals surface area contributed by atoms with Crippen molar-refractivity contribution >= 4 is 35.7 Å². The second kappa shape index (κ2) is 12.7. The summed E-state index contributed by atoms with van der Waals surface area (Å²) in [6, 6.07) is -0.767. The van der Waals surface area contributed by atoms with Gasteiger partial charge < -0.3 is 50.4 Å². The molecular weight excluding hydrogens is 638 g/mol. The van der Waals surface area contributed by atoms with Crippen molar-refractivity contribution < 1.29 is 68.5 Å². The number of esters is 2. The summed E-state index contributed by atoms with van der Waals surface area (Å²) in [6.07, 6.45) is -3.82. The lowest BCUT2D eigenvalue weighted by Gasteiger charge is -2.62. The number of nitrogens with zero attached hydrogens (tertiary/aromatic N) is 1. The van der Waals surface area contributed by atoms with Crippen molar-refractivity contribution in [3.8, 4) is 11.5 Å². The number of rotatable bonds is 12. The Morgan fingerprint density at radius 2 is 1.56 bits per heavy atom. The molecular formula is C31H37N3O14. The molecule has 8 atom stereocenters. The highest BCUT2D eigenvalue weighted by molar-refractivity contribution is 5.90. The number of likely N-dealkylation sites (tertiary alicyclic amines) is 1. The number of piperidine rings is 1. The van der Waals surface area contributed by atoms with Gasteiger partial charge in [-0.2, -0.15) is 0 Å². The quantitative estimate of drug-likeness (QED) is 0.124. The molecule has 260 valence electrons. The first-order chi connectivity index (χ1) is 22.5. The van der Waals surface area contributed by atoms with E-state index in [2.05, 4.69) is 10.6 Å². The van der Waals surface area contributed by atoms with Crippen LogP contribution in [0.4, 0.5) is 0 Å². The number of hydrogen-bond acceptors (Lipinski definition) is 13. The van der Waals surface area contributed by atoms with E-state index < -0.39 is 96.0 Å². The molecule has 17 nitrogen and oxygen atoms in total. The molecule has 0 saturated carbocycles. The van der Waals surface area contributed by atoms with Crippen molar-refractivity contribution in [2.75, 3.05) is 13.6 Å². The Hall–Kier alpha value is -4.74. The van der Waals surface area contributed by atoms with Gasteiger partial charge in [-0.05, 0) is 58.0 Å². The summed E-state index contributed by atoms with van der Waals surface area (Å²) in [5.41, 5.74) is -1.40. The molecule has 1 fully saturated rings. The van der Waals surface area contributed by atoms with Crippen LogP contribution < -0.4 is 15.4 Å². The molecule has 7 N–H and O–H groups in total. The number of carboxylic acid groups (broad SMARTS) is 2. The Balaban J connectivity index is 1.51. The molecule has 2 bridgehead atoms. The highest BCUT2D eigenvalue weighted by Crippen LogP contribution is 2.66. The van der Waals surface area contributed by atoms with Gasteiger partial charge in [-0.1, -0.05) is 6.07 Å². The predicted molar refractivity (Wildman–Crippen MR) is 158 cm³/mol. The number of phenolic OH excluding ortho intramolecular Hbond substituents is 1. The molecule has 1 saturated heterocycles. The molecule has 0 radical (unpaired) electrons. The average Bonchev–Trinajstić information content (AvgIpc) is 3.36. The van der Waals surface area contributed by atoms with Crippen LogP contribution in [0.2, 0.25) is 0 Å². The Bertz CT molecular complexity index is 1590. The van der Waals surface area contributed by atoms with Crippen LogP contribution in [0.5, 0.6) is 11.5 Å². The van der Waals surface area contributed by atoms with Crippen molar-refractivity contribution in [1.29, 1.82) is 0 Å². The number of aliphatic hydroxyl groups is 2. The van der Waals surface area contributed by atoms with Crippen LogP contribution in [-0.4, -0.2) is 122 Å². The van der Waals surface area contributed by atoms with Gasteiger partial charge in [0.2, 0.25) is 11.8 Å². The van der Waals surface area contributed by atoms with Crippen molar-refractivity contribution in [3.05, 3.63) is 35.1 Å². The summed E-state index contributed by atoms with van der Waals surface area (Å²) in [6.45, 7) is 2.72. The number of nitrogens with one attached hydrogen (secondary N) is 2. The summed E-state index contributed by atoms with van der Waals surface area (Å²) in [7, 11) is 1.83. The number of carbonyl (C=O) groups excluding carboxylic acids is 4. The van der Waals surface area contributed by atoms with Crippen molar-refractivity contribution in [3.63, 3.8) is 0 Å². The summed E-state index contributed by atoms with van der Waals surface area (Å²) in [5, 5.41) is 53.4. The van der Waals surface area contributed by atoms with Crippen LogP contribution in [-0.2, 0) is 50.1 Å². The van der Waals surface area contributed by atoms with E-state index in [4.69, 9.17) is 14.2 Å². The van der Waals surface area contributed by atoms with Crippen molar-refractivity contribution in [2.24, 2.45) is 0 Å². The van der Waals surface area contributed by atoms with Gasteiger partial charge in [0, 0.05) is 12.0 Å². The highest BCUT2D eigenvalue weighted by Gasteiger charge is 2.74. The molecule has 2 heterocycles. The summed E-state index contributed by atoms with van der Waals surface area (Å²) >= 11 is 0. The number of hydrogen-bond donors (Lipinski definition) is 7. The summed E-state index contributed by atoms with van der Waals surface area (Å²) in [4.78, 5) is 76.4. The Morgan fingerprint density at radius 1 is 0.979 bits per heavy atom. The molecule has 2 aliphatic heterocycles. The molecule has 4 aliphatic rings. The number of carbonyl (C=O) groups is 6. The maximum Gasteiger partial charge on any atom is 0.326 e. The maximum atomic E-state index is 13.6. The molecule has 2 aliphatic carbocycles. The van der Waals surface area contributed by atoms with Crippen molar-refractivity contribution in [1.82, 2.24) is 15.5 Å². The number of ether oxygens (including phenoxy) is 3. The number of aromatic hydroxyl groups is 1. The Labute approximate surface area is 273 Å². The van der Waals surface area contributed by atoms with Gasteiger partial charge in [-0.15, -0.1) is 0 Å². The van der Waals surface area contributed by atoms with Gasteiger partial charge in [-0.3, -0.25) is 24.1 Å². The molecule has 1 aromatic rings.